The molecular formula is C19H28N2O3S. The van der Waals surface area contributed by atoms with Gasteiger partial charge in [0, 0.05) is 43.1 Å². The lowest BCUT2D eigenvalue weighted by Gasteiger charge is -2.35. The van der Waals surface area contributed by atoms with Crippen LogP contribution in [0.3, 0.4) is 0 Å². The van der Waals surface area contributed by atoms with Gasteiger partial charge in [0.15, 0.2) is 0 Å². The highest BCUT2D eigenvalue weighted by Gasteiger charge is 2.29. The van der Waals surface area contributed by atoms with Gasteiger partial charge in [-0.2, -0.15) is 11.8 Å². The number of benzene rings is 1. The zero-order valence-electron chi connectivity index (χ0n) is 15.2. The van der Waals surface area contributed by atoms with E-state index in [0.29, 0.717) is 5.91 Å². The summed E-state index contributed by atoms with van der Waals surface area (Å²) < 4.78 is 10.7. The molecule has 0 bridgehead atoms. The average Bonchev–Trinajstić information content (AvgIpc) is 2.68. The highest BCUT2D eigenvalue weighted by molar-refractivity contribution is 7.99. The Balaban J connectivity index is 1.53. The summed E-state index contributed by atoms with van der Waals surface area (Å²) in [6, 6.07) is 6.02. The number of amides is 1. The summed E-state index contributed by atoms with van der Waals surface area (Å²) in [6.07, 6.45) is 1.92. The summed E-state index contributed by atoms with van der Waals surface area (Å²) in [4.78, 5) is 17.1. The molecule has 0 radical (unpaired) electrons. The summed E-state index contributed by atoms with van der Waals surface area (Å²) in [5, 5.41) is 0. The van der Waals surface area contributed by atoms with E-state index in [0.717, 1.165) is 68.6 Å². The van der Waals surface area contributed by atoms with E-state index in [4.69, 9.17) is 9.47 Å². The molecule has 5 nitrogen and oxygen atoms in total. The summed E-state index contributed by atoms with van der Waals surface area (Å²) in [6.45, 7) is 4.66. The lowest BCUT2D eigenvalue weighted by molar-refractivity contribution is -0.136. The Labute approximate surface area is 154 Å². The first-order valence-electron chi connectivity index (χ1n) is 9.00. The van der Waals surface area contributed by atoms with Gasteiger partial charge in [0.05, 0.1) is 14.2 Å². The normalized spacial score (nSPS) is 19.7. The van der Waals surface area contributed by atoms with Crippen molar-refractivity contribution in [2.75, 3.05) is 51.9 Å². The van der Waals surface area contributed by atoms with Crippen LogP contribution in [0.1, 0.15) is 18.4 Å². The van der Waals surface area contributed by atoms with Crippen LogP contribution in [-0.4, -0.2) is 67.6 Å². The van der Waals surface area contributed by atoms with Gasteiger partial charge in [0.1, 0.15) is 11.5 Å². The van der Waals surface area contributed by atoms with E-state index in [9.17, 15) is 4.79 Å². The van der Waals surface area contributed by atoms with Gasteiger partial charge in [-0.3, -0.25) is 9.69 Å². The first-order chi connectivity index (χ1) is 12.2. The molecule has 6 heteroatoms. The van der Waals surface area contributed by atoms with Crippen LogP contribution in [0.4, 0.5) is 0 Å². The molecule has 0 atom stereocenters. The third kappa shape index (κ3) is 4.82. The number of carbonyl (C=O) groups is 1. The average molecular weight is 365 g/mol. The molecule has 2 saturated heterocycles. The number of carbonyl (C=O) groups excluding carboxylic acids is 1. The minimum Gasteiger partial charge on any atom is -0.497 e. The Morgan fingerprint density at radius 2 is 1.64 bits per heavy atom. The Morgan fingerprint density at radius 1 is 1.04 bits per heavy atom. The minimum atomic E-state index is 0.208. The quantitative estimate of drug-likeness (QED) is 0.803. The second-order valence-electron chi connectivity index (χ2n) is 6.71. The molecule has 0 N–H and O–H groups in total. The zero-order chi connectivity index (χ0) is 17.6. The SMILES string of the molecule is COc1cc(CN2CCC(C(=O)N3CCSCC3)CC2)cc(OC)c1. The van der Waals surface area contributed by atoms with Crippen LogP contribution < -0.4 is 9.47 Å². The fraction of sp³-hybridized carbons (Fsp3) is 0.632. The zero-order valence-corrected chi connectivity index (χ0v) is 16.0. The van der Waals surface area contributed by atoms with E-state index in [-0.39, 0.29) is 5.92 Å². The molecule has 2 aliphatic rings. The predicted octanol–water partition coefficient (Wildman–Crippen LogP) is 2.49. The van der Waals surface area contributed by atoms with Gasteiger partial charge in [0.25, 0.3) is 0 Å². The number of likely N-dealkylation sites (tertiary alicyclic amines) is 1. The largest absolute Gasteiger partial charge is 0.497 e. The molecule has 2 aliphatic heterocycles. The van der Waals surface area contributed by atoms with Gasteiger partial charge in [-0.15, -0.1) is 0 Å². The number of methoxy groups -OCH3 is 2. The van der Waals surface area contributed by atoms with Crippen LogP contribution >= 0.6 is 11.8 Å². The molecule has 25 heavy (non-hydrogen) atoms. The van der Waals surface area contributed by atoms with Crippen molar-refractivity contribution in [3.63, 3.8) is 0 Å². The van der Waals surface area contributed by atoms with E-state index < -0.39 is 0 Å². The number of piperidine rings is 1. The molecule has 1 aromatic rings. The standard InChI is InChI=1S/C19H28N2O3S/c1-23-17-11-15(12-18(13-17)24-2)14-20-5-3-16(4-6-20)19(22)21-7-9-25-10-8-21/h11-13,16H,3-10,14H2,1-2H3. The highest BCUT2D eigenvalue weighted by Crippen LogP contribution is 2.26. The summed E-state index contributed by atoms with van der Waals surface area (Å²) >= 11 is 1.95. The van der Waals surface area contributed by atoms with Crippen LogP contribution in [0.25, 0.3) is 0 Å². The van der Waals surface area contributed by atoms with Crippen molar-refractivity contribution >= 4 is 17.7 Å². The highest BCUT2D eigenvalue weighted by atomic mass is 32.2. The predicted molar refractivity (Wildman–Crippen MR) is 101 cm³/mol. The molecule has 0 aliphatic carbocycles. The van der Waals surface area contributed by atoms with E-state index in [1.807, 2.05) is 17.8 Å². The van der Waals surface area contributed by atoms with Crippen LogP contribution in [0, 0.1) is 5.92 Å². The number of ether oxygens (including phenoxy) is 2. The maximum Gasteiger partial charge on any atom is 0.225 e. The number of thioether (sulfide) groups is 1. The lowest BCUT2D eigenvalue weighted by Crippen LogP contribution is -2.45. The van der Waals surface area contributed by atoms with Gasteiger partial charge in [-0.05, 0) is 43.6 Å². The van der Waals surface area contributed by atoms with Gasteiger partial charge < -0.3 is 14.4 Å². The van der Waals surface area contributed by atoms with Crippen molar-refractivity contribution in [2.24, 2.45) is 5.92 Å². The first kappa shape index (κ1) is 18.4. The molecule has 0 unspecified atom stereocenters. The Morgan fingerprint density at radius 3 is 2.20 bits per heavy atom. The summed E-state index contributed by atoms with van der Waals surface area (Å²) in [5.41, 5.74) is 1.19. The number of rotatable bonds is 5. The lowest BCUT2D eigenvalue weighted by atomic mass is 9.95. The third-order valence-corrected chi connectivity index (χ3v) is 6.02. The first-order valence-corrected chi connectivity index (χ1v) is 10.2. The smallest absolute Gasteiger partial charge is 0.225 e. The van der Waals surface area contributed by atoms with Crippen molar-refractivity contribution in [1.82, 2.24) is 9.80 Å². The molecule has 1 aromatic carbocycles. The maximum atomic E-state index is 12.7. The van der Waals surface area contributed by atoms with E-state index in [2.05, 4.69) is 21.9 Å². The van der Waals surface area contributed by atoms with Crippen molar-refractivity contribution in [2.45, 2.75) is 19.4 Å². The van der Waals surface area contributed by atoms with Crippen molar-refractivity contribution < 1.29 is 14.3 Å². The second-order valence-corrected chi connectivity index (χ2v) is 7.93. The topological polar surface area (TPSA) is 42.0 Å². The second kappa shape index (κ2) is 8.81. The molecule has 0 spiro atoms. The minimum absolute atomic E-state index is 0.208. The van der Waals surface area contributed by atoms with Crippen LogP contribution in [0.5, 0.6) is 11.5 Å². The van der Waals surface area contributed by atoms with Gasteiger partial charge >= 0.3 is 0 Å². The molecule has 138 valence electrons. The molecular weight excluding hydrogens is 336 g/mol. The Kier molecular flexibility index (Phi) is 6.48. The van der Waals surface area contributed by atoms with E-state index >= 15 is 0 Å². The maximum absolute atomic E-state index is 12.7. The summed E-state index contributed by atoms with van der Waals surface area (Å²) in [7, 11) is 3.35. The van der Waals surface area contributed by atoms with Crippen molar-refractivity contribution in [1.29, 1.82) is 0 Å². The monoisotopic (exact) mass is 364 g/mol. The van der Waals surface area contributed by atoms with Crippen LogP contribution in [0.15, 0.2) is 18.2 Å². The number of hydrogen-bond acceptors (Lipinski definition) is 5. The molecule has 2 heterocycles. The van der Waals surface area contributed by atoms with Crippen LogP contribution in [-0.2, 0) is 11.3 Å². The van der Waals surface area contributed by atoms with Gasteiger partial charge in [-0.25, -0.2) is 0 Å². The fourth-order valence-electron chi connectivity index (χ4n) is 3.60. The molecule has 2 fully saturated rings. The van der Waals surface area contributed by atoms with Gasteiger partial charge in [-0.1, -0.05) is 0 Å². The fourth-order valence-corrected chi connectivity index (χ4v) is 4.50. The number of hydrogen-bond donors (Lipinski definition) is 0. The van der Waals surface area contributed by atoms with E-state index in [1.165, 1.54) is 5.56 Å². The van der Waals surface area contributed by atoms with Crippen molar-refractivity contribution in [3.8, 4) is 11.5 Å². The molecule has 0 saturated carbocycles. The Bertz CT molecular complexity index is 560. The van der Waals surface area contributed by atoms with E-state index in [1.54, 1.807) is 14.2 Å². The van der Waals surface area contributed by atoms with Gasteiger partial charge in [0.2, 0.25) is 5.91 Å². The van der Waals surface area contributed by atoms with Crippen LogP contribution in [0.2, 0.25) is 0 Å². The summed E-state index contributed by atoms with van der Waals surface area (Å²) in [5.74, 6) is 4.40. The van der Waals surface area contributed by atoms with Crippen molar-refractivity contribution in [3.05, 3.63) is 23.8 Å². The molecule has 1 amide bonds. The Hall–Kier alpha value is -1.40. The third-order valence-electron chi connectivity index (χ3n) is 5.08. The molecule has 0 aromatic heterocycles. The number of nitrogens with zero attached hydrogens (tertiary/aromatic N) is 2. The molecule has 3 rings (SSSR count).